The third-order valence-electron chi connectivity index (χ3n) is 2.14. The quantitative estimate of drug-likeness (QED) is 0.371. The highest BCUT2D eigenvalue weighted by Crippen LogP contribution is 2.13. The summed E-state index contributed by atoms with van der Waals surface area (Å²) in [5.41, 5.74) is -0.342. The number of benzene rings is 1. The zero-order valence-electron chi connectivity index (χ0n) is 10.0. The van der Waals surface area contributed by atoms with Crippen molar-refractivity contribution in [3.05, 3.63) is 35.0 Å². The van der Waals surface area contributed by atoms with Crippen LogP contribution >= 0.6 is 0 Å². The lowest BCUT2D eigenvalue weighted by Crippen LogP contribution is -2.29. The first-order valence-electron chi connectivity index (χ1n) is 5.05. The Kier molecular flexibility index (Phi) is 3.59. The number of hydrogen-bond acceptors (Lipinski definition) is 3. The van der Waals surface area contributed by atoms with Crippen LogP contribution in [0.5, 0.6) is 0 Å². The summed E-state index contributed by atoms with van der Waals surface area (Å²) in [6, 6.07) is 6.12. The smallest absolute Gasteiger partial charge is 0.238 e. The van der Waals surface area contributed by atoms with Crippen molar-refractivity contribution in [3.63, 3.8) is 0 Å². The van der Waals surface area contributed by atoms with Gasteiger partial charge in [-0.2, -0.15) is 0 Å². The SMILES string of the molecule is CC(C)(C)/[N+]([O-])=C/c1ccccc1S(N)(=O)=O. The highest BCUT2D eigenvalue weighted by Gasteiger charge is 2.20. The van der Waals surface area contributed by atoms with Gasteiger partial charge in [0.1, 0.15) is 0 Å². The normalized spacial score (nSPS) is 13.8. The van der Waals surface area contributed by atoms with E-state index in [1.807, 2.05) is 0 Å². The second kappa shape index (κ2) is 4.46. The predicted molar refractivity (Wildman–Crippen MR) is 66.4 cm³/mol. The van der Waals surface area contributed by atoms with Gasteiger partial charge in [-0.25, -0.2) is 18.3 Å². The highest BCUT2D eigenvalue weighted by molar-refractivity contribution is 7.89. The second-order valence-corrected chi connectivity index (χ2v) is 6.24. The number of nitrogens with two attached hydrogens (primary N) is 1. The maximum Gasteiger partial charge on any atom is 0.238 e. The molecule has 0 radical (unpaired) electrons. The largest absolute Gasteiger partial charge is 0.623 e. The average Bonchev–Trinajstić information content (AvgIpc) is 2.15. The van der Waals surface area contributed by atoms with E-state index in [1.54, 1.807) is 32.9 Å². The lowest BCUT2D eigenvalue weighted by molar-refractivity contribution is -0.530. The number of rotatable bonds is 2. The van der Waals surface area contributed by atoms with Crippen molar-refractivity contribution in [3.8, 4) is 0 Å². The summed E-state index contributed by atoms with van der Waals surface area (Å²) < 4.78 is 23.3. The Hall–Kier alpha value is -1.40. The molecule has 0 bridgehead atoms. The van der Waals surface area contributed by atoms with Crippen LogP contribution in [0.25, 0.3) is 0 Å². The van der Waals surface area contributed by atoms with Crippen LogP contribution in [0.15, 0.2) is 29.2 Å². The molecule has 0 aromatic heterocycles. The van der Waals surface area contributed by atoms with E-state index in [9.17, 15) is 13.6 Å². The maximum atomic E-state index is 11.7. The molecule has 1 aromatic carbocycles. The molecule has 0 unspecified atom stereocenters. The lowest BCUT2D eigenvalue weighted by Gasteiger charge is -2.18. The lowest BCUT2D eigenvalue weighted by atomic mass is 10.1. The average molecular weight is 256 g/mol. The van der Waals surface area contributed by atoms with Crippen molar-refractivity contribution in [1.82, 2.24) is 0 Å². The number of hydroxylamine groups is 1. The molecule has 1 rings (SSSR count). The molecule has 0 saturated heterocycles. The fourth-order valence-electron chi connectivity index (χ4n) is 1.17. The fraction of sp³-hybridized carbons (Fsp3) is 0.364. The van der Waals surface area contributed by atoms with Gasteiger partial charge in [0, 0.05) is 20.8 Å². The van der Waals surface area contributed by atoms with Gasteiger partial charge in [-0.15, -0.1) is 0 Å². The van der Waals surface area contributed by atoms with Crippen molar-refractivity contribution in [2.75, 3.05) is 0 Å². The van der Waals surface area contributed by atoms with Crippen LogP contribution in [0.4, 0.5) is 0 Å². The topological polar surface area (TPSA) is 86.2 Å². The van der Waals surface area contributed by atoms with Gasteiger partial charge in [0.2, 0.25) is 10.0 Å². The molecule has 0 aliphatic carbocycles. The highest BCUT2D eigenvalue weighted by atomic mass is 32.2. The van der Waals surface area contributed by atoms with E-state index in [1.165, 1.54) is 18.3 Å². The summed E-state index contributed by atoms with van der Waals surface area (Å²) in [6.07, 6.45) is 1.24. The van der Waals surface area contributed by atoms with Gasteiger partial charge in [0.25, 0.3) is 0 Å². The number of hydrogen-bond donors (Lipinski definition) is 1. The minimum absolute atomic E-state index is 0.0508. The van der Waals surface area contributed by atoms with Crippen molar-refractivity contribution in [1.29, 1.82) is 0 Å². The van der Waals surface area contributed by atoms with E-state index in [-0.39, 0.29) is 4.90 Å². The van der Waals surface area contributed by atoms with Crippen LogP contribution in [-0.2, 0) is 10.0 Å². The Morgan fingerprint density at radius 1 is 1.29 bits per heavy atom. The molecular weight excluding hydrogens is 240 g/mol. The third kappa shape index (κ3) is 3.54. The van der Waals surface area contributed by atoms with Crippen LogP contribution in [0.1, 0.15) is 26.3 Å². The number of primary sulfonamides is 1. The van der Waals surface area contributed by atoms with E-state index >= 15 is 0 Å². The third-order valence-corrected chi connectivity index (χ3v) is 3.13. The van der Waals surface area contributed by atoms with Crippen LogP contribution in [-0.4, -0.2) is 24.9 Å². The van der Waals surface area contributed by atoms with Crippen LogP contribution in [0, 0.1) is 5.21 Å². The van der Waals surface area contributed by atoms with E-state index in [4.69, 9.17) is 5.14 Å². The molecule has 0 aliphatic heterocycles. The minimum atomic E-state index is -3.82. The Morgan fingerprint density at radius 2 is 1.82 bits per heavy atom. The van der Waals surface area contributed by atoms with Gasteiger partial charge in [0.15, 0.2) is 11.8 Å². The van der Waals surface area contributed by atoms with E-state index in [0.29, 0.717) is 10.3 Å². The Labute approximate surface area is 101 Å². The molecule has 0 atom stereocenters. The van der Waals surface area contributed by atoms with Gasteiger partial charge in [0.05, 0.1) is 10.5 Å². The molecule has 2 N–H and O–H groups in total. The van der Waals surface area contributed by atoms with Gasteiger partial charge in [-0.1, -0.05) is 12.1 Å². The molecule has 6 heteroatoms. The molecule has 0 spiro atoms. The van der Waals surface area contributed by atoms with E-state index < -0.39 is 15.6 Å². The molecule has 5 nitrogen and oxygen atoms in total. The van der Waals surface area contributed by atoms with Crippen molar-refractivity contribution in [2.24, 2.45) is 5.14 Å². The molecule has 17 heavy (non-hydrogen) atoms. The predicted octanol–water partition coefficient (Wildman–Crippen LogP) is 1.06. The van der Waals surface area contributed by atoms with Crippen LogP contribution < -0.4 is 5.14 Å². The number of sulfonamides is 1. The molecule has 0 saturated carbocycles. The number of nitrogens with zero attached hydrogens (tertiary/aromatic N) is 1. The molecule has 0 amide bonds. The Balaban J connectivity index is 3.35. The molecule has 1 aromatic rings. The van der Waals surface area contributed by atoms with Crippen molar-refractivity contribution < 1.29 is 13.2 Å². The van der Waals surface area contributed by atoms with Gasteiger partial charge in [-0.3, -0.25) is 0 Å². The first kappa shape index (κ1) is 13.7. The van der Waals surface area contributed by atoms with Crippen LogP contribution in [0.3, 0.4) is 0 Å². The molecule has 0 heterocycles. The van der Waals surface area contributed by atoms with Crippen molar-refractivity contribution >= 4 is 16.2 Å². The summed E-state index contributed by atoms with van der Waals surface area (Å²) in [7, 11) is -3.82. The summed E-state index contributed by atoms with van der Waals surface area (Å²) in [4.78, 5) is -0.0508. The fourth-order valence-corrected chi connectivity index (χ4v) is 1.88. The van der Waals surface area contributed by atoms with Gasteiger partial charge in [-0.05, 0) is 12.1 Å². The summed E-state index contributed by atoms with van der Waals surface area (Å²) in [5.74, 6) is 0. The molecule has 0 fully saturated rings. The van der Waals surface area contributed by atoms with E-state index in [2.05, 4.69) is 0 Å². The summed E-state index contributed by atoms with van der Waals surface area (Å²) in [5, 5.41) is 16.8. The first-order chi connectivity index (χ1) is 7.62. The van der Waals surface area contributed by atoms with Crippen LogP contribution in [0.2, 0.25) is 0 Å². The maximum absolute atomic E-state index is 11.7. The monoisotopic (exact) mass is 256 g/mol. The first-order valence-corrected chi connectivity index (χ1v) is 6.60. The standard InChI is InChI=1S/C11H16N2O3S/c1-11(2,3)13(14)8-9-6-4-5-7-10(9)17(12,15)16/h4-8H,1-3H3,(H2,12,15,16)/b13-8-. The molecular formula is C11H16N2O3S. The minimum Gasteiger partial charge on any atom is -0.623 e. The van der Waals surface area contributed by atoms with Gasteiger partial charge < -0.3 is 5.21 Å². The molecule has 94 valence electrons. The molecule has 0 aliphatic rings. The summed E-state index contributed by atoms with van der Waals surface area (Å²) >= 11 is 0. The zero-order chi connectivity index (χ0) is 13.3. The van der Waals surface area contributed by atoms with Gasteiger partial charge >= 0.3 is 0 Å². The zero-order valence-corrected chi connectivity index (χ0v) is 10.9. The van der Waals surface area contributed by atoms with E-state index in [0.717, 1.165) is 0 Å². The Morgan fingerprint density at radius 3 is 2.29 bits per heavy atom. The summed E-state index contributed by atoms with van der Waals surface area (Å²) in [6.45, 7) is 5.20. The van der Waals surface area contributed by atoms with Crippen molar-refractivity contribution in [2.45, 2.75) is 31.2 Å². The Bertz CT molecular complexity index is 542. The second-order valence-electron chi connectivity index (χ2n) is 4.71.